The predicted molar refractivity (Wildman–Crippen MR) is 102 cm³/mol. The van der Waals surface area contributed by atoms with Crippen molar-refractivity contribution in [3.63, 3.8) is 0 Å². The van der Waals surface area contributed by atoms with Gasteiger partial charge in [0.15, 0.2) is 0 Å². The Morgan fingerprint density at radius 1 is 1.16 bits per heavy atom. The molecule has 0 bridgehead atoms. The highest BCUT2D eigenvalue weighted by molar-refractivity contribution is 7.91. The van der Waals surface area contributed by atoms with Crippen molar-refractivity contribution in [1.29, 1.82) is 0 Å². The van der Waals surface area contributed by atoms with Gasteiger partial charge in [-0.3, -0.25) is 4.79 Å². The Hall–Kier alpha value is -0.670. The molecule has 1 N–H and O–H groups in total. The zero-order valence-electron chi connectivity index (χ0n) is 14.4. The standard InChI is InChI=1S/C16H25N3O3S2.ClH/c1-13-5-10-19(11-6-13)24(21,22)15-4-3-14(23-15)16(20)18-9-2-7-17-8-12-18;/h3-4,13,17H,2,5-12H2,1H3;1H. The van der Waals surface area contributed by atoms with Crippen LogP contribution in [0.2, 0.25) is 0 Å². The second-order valence-electron chi connectivity index (χ2n) is 6.60. The number of nitrogens with zero attached hydrogens (tertiary/aromatic N) is 2. The van der Waals surface area contributed by atoms with Crippen LogP contribution in [-0.4, -0.2) is 62.8 Å². The van der Waals surface area contributed by atoms with Crippen LogP contribution in [0.5, 0.6) is 0 Å². The number of amides is 1. The average molecular weight is 408 g/mol. The molecule has 1 amide bonds. The fourth-order valence-corrected chi connectivity index (χ4v) is 6.03. The number of thiophene rings is 1. The van der Waals surface area contributed by atoms with E-state index in [2.05, 4.69) is 12.2 Å². The van der Waals surface area contributed by atoms with E-state index >= 15 is 0 Å². The molecule has 6 nitrogen and oxygen atoms in total. The van der Waals surface area contributed by atoms with Crippen molar-refractivity contribution in [2.45, 2.75) is 30.4 Å². The fourth-order valence-electron chi connectivity index (χ4n) is 3.13. The summed E-state index contributed by atoms with van der Waals surface area (Å²) in [5.41, 5.74) is 0. The van der Waals surface area contributed by atoms with Crippen LogP contribution in [0.3, 0.4) is 0 Å². The third-order valence-electron chi connectivity index (χ3n) is 4.76. The van der Waals surface area contributed by atoms with Gasteiger partial charge in [-0.25, -0.2) is 8.42 Å². The zero-order valence-corrected chi connectivity index (χ0v) is 16.9. The van der Waals surface area contributed by atoms with E-state index in [-0.39, 0.29) is 22.5 Å². The van der Waals surface area contributed by atoms with E-state index in [0.29, 0.717) is 30.4 Å². The van der Waals surface area contributed by atoms with E-state index in [1.165, 1.54) is 0 Å². The molecule has 3 heterocycles. The van der Waals surface area contributed by atoms with Crippen LogP contribution in [0, 0.1) is 5.92 Å². The Balaban J connectivity index is 0.00000225. The summed E-state index contributed by atoms with van der Waals surface area (Å²) in [6.07, 6.45) is 2.72. The van der Waals surface area contributed by atoms with Gasteiger partial charge in [0, 0.05) is 32.7 Å². The summed E-state index contributed by atoms with van der Waals surface area (Å²) >= 11 is 1.10. The van der Waals surface area contributed by atoms with Gasteiger partial charge in [0.2, 0.25) is 0 Å². The van der Waals surface area contributed by atoms with Crippen LogP contribution >= 0.6 is 23.7 Å². The molecule has 142 valence electrons. The molecular weight excluding hydrogens is 382 g/mol. The largest absolute Gasteiger partial charge is 0.337 e. The van der Waals surface area contributed by atoms with E-state index in [1.54, 1.807) is 16.4 Å². The Morgan fingerprint density at radius 3 is 2.60 bits per heavy atom. The summed E-state index contributed by atoms with van der Waals surface area (Å²) in [6.45, 7) is 6.39. The number of piperidine rings is 1. The van der Waals surface area contributed by atoms with Crippen molar-refractivity contribution in [1.82, 2.24) is 14.5 Å². The maximum atomic E-state index is 12.8. The Kier molecular flexibility index (Phi) is 7.28. The van der Waals surface area contributed by atoms with Gasteiger partial charge in [-0.05, 0) is 43.9 Å². The van der Waals surface area contributed by atoms with Gasteiger partial charge in [-0.2, -0.15) is 4.31 Å². The maximum absolute atomic E-state index is 12.8. The molecule has 0 radical (unpaired) electrons. The first-order valence-electron chi connectivity index (χ1n) is 8.58. The molecule has 0 aliphatic carbocycles. The van der Waals surface area contributed by atoms with Crippen LogP contribution < -0.4 is 5.32 Å². The number of carbonyl (C=O) groups excluding carboxylic acids is 1. The summed E-state index contributed by atoms with van der Waals surface area (Å²) in [6, 6.07) is 3.24. The van der Waals surface area contributed by atoms with E-state index in [0.717, 1.165) is 50.2 Å². The van der Waals surface area contributed by atoms with Gasteiger partial charge in [0.05, 0.1) is 4.88 Å². The highest BCUT2D eigenvalue weighted by Gasteiger charge is 2.30. The first-order valence-corrected chi connectivity index (χ1v) is 10.8. The van der Waals surface area contributed by atoms with E-state index < -0.39 is 10.0 Å². The number of nitrogens with one attached hydrogen (secondary N) is 1. The molecule has 1 aromatic rings. The van der Waals surface area contributed by atoms with Gasteiger partial charge >= 0.3 is 0 Å². The number of rotatable bonds is 3. The van der Waals surface area contributed by atoms with Crippen LogP contribution in [0.1, 0.15) is 35.9 Å². The molecule has 2 saturated heterocycles. The summed E-state index contributed by atoms with van der Waals surface area (Å²) in [4.78, 5) is 14.9. The number of hydrogen-bond acceptors (Lipinski definition) is 5. The van der Waals surface area contributed by atoms with E-state index in [4.69, 9.17) is 0 Å². The number of carbonyl (C=O) groups is 1. The minimum atomic E-state index is -3.47. The molecule has 0 aromatic carbocycles. The lowest BCUT2D eigenvalue weighted by Gasteiger charge is -2.28. The monoisotopic (exact) mass is 407 g/mol. The van der Waals surface area contributed by atoms with Crippen molar-refractivity contribution < 1.29 is 13.2 Å². The van der Waals surface area contributed by atoms with Gasteiger partial charge in [-0.15, -0.1) is 23.7 Å². The van der Waals surface area contributed by atoms with Gasteiger partial charge < -0.3 is 10.2 Å². The maximum Gasteiger partial charge on any atom is 0.264 e. The quantitative estimate of drug-likeness (QED) is 0.832. The van der Waals surface area contributed by atoms with Crippen LogP contribution in [0.25, 0.3) is 0 Å². The van der Waals surface area contributed by atoms with Crippen molar-refractivity contribution in [3.8, 4) is 0 Å². The molecule has 2 fully saturated rings. The van der Waals surface area contributed by atoms with Crippen molar-refractivity contribution in [2.75, 3.05) is 39.3 Å². The van der Waals surface area contributed by atoms with Crippen molar-refractivity contribution in [3.05, 3.63) is 17.0 Å². The molecule has 2 aliphatic heterocycles. The van der Waals surface area contributed by atoms with Crippen molar-refractivity contribution in [2.24, 2.45) is 5.92 Å². The third kappa shape index (κ3) is 4.74. The van der Waals surface area contributed by atoms with Crippen LogP contribution in [0.15, 0.2) is 16.3 Å². The molecular formula is C16H26ClN3O3S2. The van der Waals surface area contributed by atoms with Crippen LogP contribution in [-0.2, 0) is 10.0 Å². The minimum absolute atomic E-state index is 0. The molecule has 9 heteroatoms. The van der Waals surface area contributed by atoms with Gasteiger partial charge in [0.25, 0.3) is 15.9 Å². The summed E-state index contributed by atoms with van der Waals surface area (Å²) in [7, 11) is -3.47. The number of halogens is 1. The first kappa shape index (κ1) is 20.6. The Bertz CT molecular complexity index is 677. The third-order valence-corrected chi connectivity index (χ3v) is 8.20. The van der Waals surface area contributed by atoms with Crippen molar-refractivity contribution >= 4 is 39.7 Å². The van der Waals surface area contributed by atoms with Gasteiger partial charge in [0.1, 0.15) is 4.21 Å². The smallest absolute Gasteiger partial charge is 0.264 e. The summed E-state index contributed by atoms with van der Waals surface area (Å²) in [5.74, 6) is 0.519. The normalized spacial score (nSPS) is 20.8. The molecule has 3 rings (SSSR count). The zero-order chi connectivity index (χ0) is 17.2. The topological polar surface area (TPSA) is 69.7 Å². The lowest BCUT2D eigenvalue weighted by atomic mass is 10.0. The molecule has 0 atom stereocenters. The fraction of sp³-hybridized carbons (Fsp3) is 0.688. The molecule has 0 spiro atoms. The second kappa shape index (κ2) is 8.81. The molecule has 2 aliphatic rings. The van der Waals surface area contributed by atoms with Gasteiger partial charge in [-0.1, -0.05) is 6.92 Å². The second-order valence-corrected chi connectivity index (χ2v) is 9.85. The highest BCUT2D eigenvalue weighted by Crippen LogP contribution is 2.29. The molecule has 1 aromatic heterocycles. The highest BCUT2D eigenvalue weighted by atomic mass is 35.5. The summed E-state index contributed by atoms with van der Waals surface area (Å²) < 4.78 is 27.4. The Labute approximate surface area is 160 Å². The SMILES string of the molecule is CC1CCN(S(=O)(=O)c2ccc(C(=O)N3CCCNCC3)s2)CC1.Cl. The number of hydrogen-bond donors (Lipinski definition) is 1. The average Bonchev–Trinajstić information content (AvgIpc) is 2.92. The predicted octanol–water partition coefficient (Wildman–Crippen LogP) is 2.03. The summed E-state index contributed by atoms with van der Waals surface area (Å²) in [5, 5.41) is 3.27. The molecule has 0 unspecified atom stereocenters. The molecule has 25 heavy (non-hydrogen) atoms. The van der Waals surface area contributed by atoms with E-state index in [1.807, 2.05) is 4.90 Å². The lowest BCUT2D eigenvalue weighted by molar-refractivity contribution is 0.0771. The minimum Gasteiger partial charge on any atom is -0.337 e. The number of sulfonamides is 1. The lowest BCUT2D eigenvalue weighted by Crippen LogP contribution is -2.37. The molecule has 0 saturated carbocycles. The van der Waals surface area contributed by atoms with Crippen LogP contribution in [0.4, 0.5) is 0 Å². The van der Waals surface area contributed by atoms with E-state index in [9.17, 15) is 13.2 Å². The Morgan fingerprint density at radius 2 is 1.88 bits per heavy atom. The first-order chi connectivity index (χ1) is 11.5.